The summed E-state index contributed by atoms with van der Waals surface area (Å²) in [7, 11) is -3.99. The zero-order valence-electron chi connectivity index (χ0n) is 18.7. The van der Waals surface area contributed by atoms with E-state index in [9.17, 15) is 23.1 Å². The Bertz CT molecular complexity index is 1660. The molecule has 1 aliphatic rings. The van der Waals surface area contributed by atoms with Crippen molar-refractivity contribution in [2.45, 2.75) is 31.1 Å². The zero-order valence-corrected chi connectivity index (χ0v) is 20.2. The number of pyridine rings is 1. The van der Waals surface area contributed by atoms with Crippen LogP contribution in [0.1, 0.15) is 34.5 Å². The van der Waals surface area contributed by atoms with Gasteiger partial charge < -0.3 is 10.1 Å². The van der Waals surface area contributed by atoms with E-state index in [2.05, 4.69) is 9.97 Å². The van der Waals surface area contributed by atoms with E-state index in [1.54, 1.807) is 19.1 Å². The highest BCUT2D eigenvalue weighted by Crippen LogP contribution is 2.33. The largest absolute Gasteiger partial charge is 0.477 e. The number of imidazole rings is 1. The maximum Gasteiger partial charge on any atom is 0.354 e. The van der Waals surface area contributed by atoms with E-state index in [1.807, 2.05) is 12.1 Å². The van der Waals surface area contributed by atoms with Gasteiger partial charge in [-0.05, 0) is 67.6 Å². The average molecular weight is 513 g/mol. The third kappa shape index (κ3) is 3.88. The van der Waals surface area contributed by atoms with Gasteiger partial charge in [-0.2, -0.15) is 0 Å². The van der Waals surface area contributed by atoms with Crippen LogP contribution in [0.5, 0.6) is 0 Å². The number of halogens is 1. The summed E-state index contributed by atoms with van der Waals surface area (Å²) in [4.78, 5) is 31.2. The predicted molar refractivity (Wildman–Crippen MR) is 132 cm³/mol. The first kappa shape index (κ1) is 23.1. The van der Waals surface area contributed by atoms with Crippen molar-refractivity contribution in [3.05, 3.63) is 80.9 Å². The number of hydrogen-bond donors (Lipinski definition) is 2. The fourth-order valence-corrected chi connectivity index (χ4v) is 6.19. The molecule has 2 aromatic carbocycles. The van der Waals surface area contributed by atoms with E-state index in [-0.39, 0.29) is 26.9 Å². The minimum absolute atomic E-state index is 0.0408. The molecule has 1 aliphatic heterocycles. The summed E-state index contributed by atoms with van der Waals surface area (Å²) in [5.74, 6) is -1.25. The molecule has 0 saturated carbocycles. The van der Waals surface area contributed by atoms with Gasteiger partial charge in [-0.1, -0.05) is 29.8 Å². The second kappa shape index (κ2) is 8.54. The highest BCUT2D eigenvalue weighted by atomic mass is 35.5. The molecule has 0 spiro atoms. The maximum absolute atomic E-state index is 13.8. The number of H-pyrrole nitrogens is 1. The Balaban J connectivity index is 1.70. The number of carboxylic acids is 1. The van der Waals surface area contributed by atoms with Gasteiger partial charge in [-0.15, -0.1) is 0 Å². The number of rotatable bonds is 4. The Hall–Kier alpha value is -3.63. The summed E-state index contributed by atoms with van der Waals surface area (Å²) >= 11 is 6.42. The third-order valence-corrected chi connectivity index (χ3v) is 8.26. The fourth-order valence-electron chi connectivity index (χ4n) is 4.42. The van der Waals surface area contributed by atoms with E-state index < -0.39 is 21.7 Å². The highest BCUT2D eigenvalue weighted by Gasteiger charge is 2.29. The normalized spacial score (nSPS) is 14.1. The molecule has 2 N–H and O–H groups in total. The van der Waals surface area contributed by atoms with E-state index >= 15 is 0 Å². The average Bonchev–Trinajstić information content (AvgIpc) is 3.00. The van der Waals surface area contributed by atoms with Gasteiger partial charge >= 0.3 is 11.7 Å². The van der Waals surface area contributed by atoms with Crippen molar-refractivity contribution in [2.75, 3.05) is 10.8 Å². The number of carboxylic acid groups (broad SMARTS) is 1. The zero-order chi connectivity index (χ0) is 24.9. The molecule has 0 fully saturated rings. The number of benzene rings is 2. The van der Waals surface area contributed by atoms with Gasteiger partial charge in [0.2, 0.25) is 0 Å². The summed E-state index contributed by atoms with van der Waals surface area (Å²) in [5.41, 5.74) is 1.70. The van der Waals surface area contributed by atoms with Crippen LogP contribution in [0.15, 0.2) is 58.2 Å². The molecular weight excluding hydrogens is 492 g/mol. The van der Waals surface area contributed by atoms with Crippen molar-refractivity contribution in [3.8, 4) is 5.69 Å². The van der Waals surface area contributed by atoms with E-state index in [0.717, 1.165) is 23.0 Å². The molecule has 0 amide bonds. The Morgan fingerprint density at radius 3 is 2.66 bits per heavy atom. The number of aromatic carboxylic acids is 1. The summed E-state index contributed by atoms with van der Waals surface area (Å²) in [5, 5.41) is 9.53. The summed E-state index contributed by atoms with van der Waals surface area (Å²) in [6.45, 7) is 1.98. The number of para-hydroxylation sites is 1. The number of fused-ring (bicyclic) bond motifs is 2. The Labute approximate surface area is 205 Å². The monoisotopic (exact) mass is 512 g/mol. The molecule has 0 atom stereocenters. The van der Waals surface area contributed by atoms with E-state index in [0.29, 0.717) is 29.7 Å². The minimum atomic E-state index is -3.99. The predicted octanol–water partition coefficient (Wildman–Crippen LogP) is 3.91. The van der Waals surface area contributed by atoms with Gasteiger partial charge in [0.25, 0.3) is 10.0 Å². The van der Waals surface area contributed by atoms with E-state index in [4.69, 9.17) is 11.6 Å². The molecule has 2 aromatic heterocycles. The molecular formula is C24H21ClN4O5S. The van der Waals surface area contributed by atoms with Crippen molar-refractivity contribution in [1.82, 2.24) is 14.5 Å². The number of carbonyl (C=O) groups is 1. The lowest BCUT2D eigenvalue weighted by atomic mass is 10.1. The van der Waals surface area contributed by atoms with Crippen LogP contribution < -0.4 is 9.99 Å². The van der Waals surface area contributed by atoms with E-state index in [1.165, 1.54) is 28.6 Å². The molecule has 4 aromatic rings. The lowest BCUT2D eigenvalue weighted by Crippen LogP contribution is -2.32. The fraction of sp³-hybridized carbons (Fsp3) is 0.208. The van der Waals surface area contributed by atoms with Gasteiger partial charge in [0.15, 0.2) is 11.3 Å². The van der Waals surface area contributed by atoms with Crippen LogP contribution in [-0.2, 0) is 16.4 Å². The number of anilines is 1. The van der Waals surface area contributed by atoms with Crippen LogP contribution in [0.2, 0.25) is 5.02 Å². The molecule has 0 aliphatic carbocycles. The Morgan fingerprint density at radius 2 is 1.89 bits per heavy atom. The quantitative estimate of drug-likeness (QED) is 0.427. The molecule has 5 rings (SSSR count). The first-order valence-electron chi connectivity index (χ1n) is 10.9. The molecule has 180 valence electrons. The van der Waals surface area contributed by atoms with Gasteiger partial charge in [0.1, 0.15) is 0 Å². The number of aryl methyl sites for hydroxylation is 2. The van der Waals surface area contributed by atoms with Gasteiger partial charge in [0.05, 0.1) is 26.8 Å². The number of sulfonamides is 1. The van der Waals surface area contributed by atoms with Gasteiger partial charge in [0, 0.05) is 6.54 Å². The second-order valence-electron chi connectivity index (χ2n) is 8.37. The first-order valence-corrected chi connectivity index (χ1v) is 12.8. The molecule has 3 heterocycles. The van der Waals surface area contributed by atoms with Crippen molar-refractivity contribution in [3.63, 3.8) is 0 Å². The number of hydrogen-bond acceptors (Lipinski definition) is 5. The lowest BCUT2D eigenvalue weighted by Gasteiger charge is -2.25. The highest BCUT2D eigenvalue weighted by molar-refractivity contribution is 7.92. The molecule has 0 bridgehead atoms. The molecule has 11 heteroatoms. The summed E-state index contributed by atoms with van der Waals surface area (Å²) in [6, 6.07) is 12.9. The third-order valence-electron chi connectivity index (χ3n) is 6.13. The molecule has 0 saturated heterocycles. The molecule has 35 heavy (non-hydrogen) atoms. The maximum atomic E-state index is 13.8. The van der Waals surface area contributed by atoms with Crippen molar-refractivity contribution < 1.29 is 18.3 Å². The van der Waals surface area contributed by atoms with Gasteiger partial charge in [-0.3, -0.25) is 4.31 Å². The number of aromatic amines is 1. The lowest BCUT2D eigenvalue weighted by molar-refractivity contribution is 0.0690. The smallest absolute Gasteiger partial charge is 0.354 e. The van der Waals surface area contributed by atoms with Crippen LogP contribution in [0.4, 0.5) is 5.69 Å². The first-order chi connectivity index (χ1) is 16.7. The molecule has 0 radical (unpaired) electrons. The Kier molecular flexibility index (Phi) is 5.65. The summed E-state index contributed by atoms with van der Waals surface area (Å²) in [6.07, 6.45) is 2.36. The Morgan fingerprint density at radius 1 is 1.11 bits per heavy atom. The number of aromatic nitrogens is 3. The van der Waals surface area contributed by atoms with Crippen LogP contribution >= 0.6 is 11.6 Å². The van der Waals surface area contributed by atoms with Crippen LogP contribution in [0.25, 0.3) is 16.9 Å². The van der Waals surface area contributed by atoms with Crippen LogP contribution in [0.3, 0.4) is 0 Å². The van der Waals surface area contributed by atoms with Crippen molar-refractivity contribution in [1.29, 1.82) is 0 Å². The van der Waals surface area contributed by atoms with Crippen molar-refractivity contribution in [2.24, 2.45) is 0 Å². The number of nitrogens with zero attached hydrogens (tertiary/aromatic N) is 3. The summed E-state index contributed by atoms with van der Waals surface area (Å²) < 4.78 is 30.1. The van der Waals surface area contributed by atoms with Crippen LogP contribution in [-0.4, -0.2) is 40.6 Å². The number of nitrogens with one attached hydrogen (secondary N) is 1. The standard InChI is InChI=1S/C24H21ClN4O5S/c1-14-12-18(23(30)31)26-22-21(14)27-24(32)29(22)20-13-16(9-10-17(20)25)35(33,34)28-11-5-4-7-15-6-2-3-8-19(15)28/h2-3,6,8-10,12-13H,4-5,7,11H2,1H3,(H,27,32)(H,30,31). The molecule has 0 unspecified atom stereocenters. The second-order valence-corrected chi connectivity index (χ2v) is 10.6. The topological polar surface area (TPSA) is 125 Å². The minimum Gasteiger partial charge on any atom is -0.477 e. The van der Waals surface area contributed by atoms with Gasteiger partial charge in [-0.25, -0.2) is 27.6 Å². The van der Waals surface area contributed by atoms with Crippen LogP contribution in [0, 0.1) is 6.92 Å². The molecule has 9 nitrogen and oxygen atoms in total. The SMILES string of the molecule is Cc1cc(C(=O)O)nc2c1[nH]c(=O)n2-c1cc(S(=O)(=O)N2CCCCc3ccccc32)ccc1Cl. The van der Waals surface area contributed by atoms with Crippen molar-refractivity contribution >= 4 is 44.4 Å².